The maximum absolute atomic E-state index is 14.0. The molecule has 0 aromatic heterocycles. The van der Waals surface area contributed by atoms with Crippen LogP contribution >= 0.6 is 0 Å². The van der Waals surface area contributed by atoms with Crippen molar-refractivity contribution in [3.8, 4) is 0 Å². The van der Waals surface area contributed by atoms with E-state index in [1.54, 1.807) is 30.3 Å². The van der Waals surface area contributed by atoms with Crippen LogP contribution in [0.15, 0.2) is 48.6 Å². The van der Waals surface area contributed by atoms with Crippen LogP contribution < -0.4 is 5.32 Å². The van der Waals surface area contributed by atoms with Gasteiger partial charge in [-0.1, -0.05) is 113 Å². The molecule has 1 amide bonds. The number of hydrogen-bond donors (Lipinski definition) is 1. The van der Waals surface area contributed by atoms with Gasteiger partial charge in [-0.2, -0.15) is 13.2 Å². The van der Waals surface area contributed by atoms with Gasteiger partial charge in [0.2, 0.25) is 5.91 Å². The lowest BCUT2D eigenvalue weighted by atomic mass is 9.75. The molecular weight excluding hydrogens is 399 g/mol. The van der Waals surface area contributed by atoms with E-state index in [1.165, 1.54) is 44.6 Å². The third-order valence-corrected chi connectivity index (χ3v) is 6.02. The molecule has 1 atom stereocenters. The molecule has 172 valence electrons. The molecular formula is C26H36F3NO. The molecule has 2 rings (SSSR count). The number of allylic oxidation sites excluding steroid dienone is 3. The second kappa shape index (κ2) is 12.7. The summed E-state index contributed by atoms with van der Waals surface area (Å²) in [5.41, 5.74) is -1.27. The first kappa shape index (κ1) is 25.2. The normalized spacial score (nSPS) is 18.6. The second-order valence-electron chi connectivity index (χ2n) is 8.50. The minimum atomic E-state index is -4.65. The number of unbranched alkanes of at least 4 members (excludes halogenated alkanes) is 9. The first-order valence-electron chi connectivity index (χ1n) is 11.7. The number of nitrogens with one attached hydrogen (secondary N) is 1. The topological polar surface area (TPSA) is 29.1 Å². The van der Waals surface area contributed by atoms with Gasteiger partial charge in [-0.25, -0.2) is 0 Å². The average molecular weight is 436 g/mol. The summed E-state index contributed by atoms with van der Waals surface area (Å²) in [5, 5.41) is 2.56. The van der Waals surface area contributed by atoms with Gasteiger partial charge in [-0.15, -0.1) is 0 Å². The zero-order valence-electron chi connectivity index (χ0n) is 18.6. The molecule has 2 nitrogen and oxygen atoms in total. The Bertz CT molecular complexity index is 724. The van der Waals surface area contributed by atoms with Crippen LogP contribution in [0, 0.1) is 5.41 Å². The van der Waals surface area contributed by atoms with Crippen LogP contribution in [-0.2, 0) is 4.79 Å². The molecule has 5 heteroatoms. The lowest BCUT2D eigenvalue weighted by molar-refractivity contribution is -0.206. The first-order chi connectivity index (χ1) is 14.9. The van der Waals surface area contributed by atoms with Gasteiger partial charge in [0.15, 0.2) is 5.41 Å². The predicted octanol–water partition coefficient (Wildman–Crippen LogP) is 7.62. The van der Waals surface area contributed by atoms with Crippen molar-refractivity contribution in [2.24, 2.45) is 5.41 Å². The van der Waals surface area contributed by atoms with Crippen LogP contribution in [-0.4, -0.2) is 18.6 Å². The smallest absolute Gasteiger partial charge is 0.355 e. The molecule has 0 saturated carbocycles. The Balaban J connectivity index is 1.79. The molecule has 31 heavy (non-hydrogen) atoms. The molecule has 0 saturated heterocycles. The van der Waals surface area contributed by atoms with E-state index >= 15 is 0 Å². The van der Waals surface area contributed by atoms with E-state index in [2.05, 4.69) is 12.2 Å². The van der Waals surface area contributed by atoms with Crippen LogP contribution in [0.3, 0.4) is 0 Å². The molecule has 0 radical (unpaired) electrons. The molecule has 1 unspecified atom stereocenters. The molecule has 1 N–H and O–H groups in total. The highest BCUT2D eigenvalue weighted by Gasteiger charge is 2.59. The fraction of sp³-hybridized carbons (Fsp3) is 0.577. The molecule has 1 aliphatic rings. The fourth-order valence-electron chi connectivity index (χ4n) is 4.05. The predicted molar refractivity (Wildman–Crippen MR) is 122 cm³/mol. The van der Waals surface area contributed by atoms with Crippen LogP contribution in [0.5, 0.6) is 0 Å². The van der Waals surface area contributed by atoms with Crippen LogP contribution in [0.25, 0.3) is 5.57 Å². The number of halogens is 3. The average Bonchev–Trinajstić information content (AvgIpc) is 2.77. The highest BCUT2D eigenvalue weighted by atomic mass is 19.4. The Hall–Kier alpha value is -2.04. The molecule has 0 aliphatic heterocycles. The first-order valence-corrected chi connectivity index (χ1v) is 11.7. The summed E-state index contributed by atoms with van der Waals surface area (Å²) < 4.78 is 42.1. The van der Waals surface area contributed by atoms with E-state index in [4.69, 9.17) is 0 Å². The highest BCUT2D eigenvalue weighted by molar-refractivity contribution is 5.89. The minimum absolute atomic E-state index is 0.283. The quantitative estimate of drug-likeness (QED) is 0.317. The van der Waals surface area contributed by atoms with Gasteiger partial charge in [0, 0.05) is 6.54 Å². The van der Waals surface area contributed by atoms with Gasteiger partial charge >= 0.3 is 6.18 Å². The van der Waals surface area contributed by atoms with Gasteiger partial charge in [0.25, 0.3) is 0 Å². The van der Waals surface area contributed by atoms with E-state index in [0.717, 1.165) is 25.3 Å². The summed E-state index contributed by atoms with van der Waals surface area (Å²) in [6.45, 7) is 2.49. The molecule has 1 aliphatic carbocycles. The van der Waals surface area contributed by atoms with E-state index < -0.39 is 17.5 Å². The molecule has 0 bridgehead atoms. The van der Waals surface area contributed by atoms with Crippen LogP contribution in [0.1, 0.15) is 83.1 Å². The lowest BCUT2D eigenvalue weighted by Gasteiger charge is -2.34. The number of rotatable bonds is 13. The summed E-state index contributed by atoms with van der Waals surface area (Å²) >= 11 is 0. The maximum atomic E-state index is 14.0. The SMILES string of the molecule is CCCCCCCCCCCCNC(=O)C1(C(F)(F)F)C=CC=C(c2ccccc2)C1. The molecule has 0 fully saturated rings. The highest BCUT2D eigenvalue weighted by Crippen LogP contribution is 2.48. The zero-order chi connectivity index (χ0) is 22.6. The standard InChI is InChI=1S/C26H36F3NO/c1-2-3-4-5-6-7-8-9-10-14-20-30-24(31)25(26(27,28)29)19-15-18-23(21-25)22-16-12-11-13-17-22/h11-13,15-19H,2-10,14,20-21H2,1H3,(H,30,31). The largest absolute Gasteiger partial charge is 0.406 e. The van der Waals surface area contributed by atoms with Crippen molar-refractivity contribution in [3.05, 3.63) is 54.1 Å². The van der Waals surface area contributed by atoms with Crippen molar-refractivity contribution >= 4 is 11.5 Å². The van der Waals surface area contributed by atoms with Crippen LogP contribution in [0.2, 0.25) is 0 Å². The Morgan fingerprint density at radius 1 is 0.935 bits per heavy atom. The van der Waals surface area contributed by atoms with E-state index in [1.807, 2.05) is 6.07 Å². The molecule has 0 spiro atoms. The van der Waals surface area contributed by atoms with Crippen molar-refractivity contribution in [1.29, 1.82) is 0 Å². The second-order valence-corrected chi connectivity index (χ2v) is 8.50. The number of alkyl halides is 3. The number of carbonyl (C=O) groups is 1. The van der Waals surface area contributed by atoms with Gasteiger partial charge in [0.1, 0.15) is 0 Å². The number of carbonyl (C=O) groups excluding carboxylic acids is 1. The Morgan fingerprint density at radius 3 is 2.10 bits per heavy atom. The third kappa shape index (κ3) is 7.55. The molecule has 1 aromatic rings. The van der Waals surface area contributed by atoms with Gasteiger partial charge < -0.3 is 5.32 Å². The zero-order valence-corrected chi connectivity index (χ0v) is 18.6. The maximum Gasteiger partial charge on any atom is 0.406 e. The fourth-order valence-corrected chi connectivity index (χ4v) is 4.05. The Kier molecular flexibility index (Phi) is 10.4. The summed E-state index contributed by atoms with van der Waals surface area (Å²) in [7, 11) is 0. The number of benzene rings is 1. The van der Waals surface area contributed by atoms with Gasteiger partial charge in [-0.05, 0) is 24.0 Å². The minimum Gasteiger partial charge on any atom is -0.355 e. The van der Waals surface area contributed by atoms with Gasteiger partial charge in [0.05, 0.1) is 0 Å². The van der Waals surface area contributed by atoms with Crippen molar-refractivity contribution in [1.82, 2.24) is 5.32 Å². The van der Waals surface area contributed by atoms with Crippen molar-refractivity contribution in [2.45, 2.75) is 83.7 Å². The molecule has 0 heterocycles. The summed E-state index contributed by atoms with van der Waals surface area (Å²) in [5.74, 6) is -0.950. The van der Waals surface area contributed by atoms with E-state index in [0.29, 0.717) is 17.6 Å². The van der Waals surface area contributed by atoms with Crippen molar-refractivity contribution in [2.75, 3.05) is 6.54 Å². The third-order valence-electron chi connectivity index (χ3n) is 6.02. The van der Waals surface area contributed by atoms with E-state index in [-0.39, 0.29) is 13.0 Å². The summed E-state index contributed by atoms with van der Waals surface area (Å²) in [4.78, 5) is 12.7. The van der Waals surface area contributed by atoms with Crippen molar-refractivity contribution in [3.63, 3.8) is 0 Å². The molecule has 1 aromatic carbocycles. The van der Waals surface area contributed by atoms with Gasteiger partial charge in [-0.3, -0.25) is 4.79 Å². The number of hydrogen-bond acceptors (Lipinski definition) is 1. The lowest BCUT2D eigenvalue weighted by Crippen LogP contribution is -2.50. The van der Waals surface area contributed by atoms with Crippen LogP contribution in [0.4, 0.5) is 13.2 Å². The van der Waals surface area contributed by atoms with Crippen molar-refractivity contribution < 1.29 is 18.0 Å². The summed E-state index contributed by atoms with van der Waals surface area (Å²) in [6.07, 6.45) is 10.5. The van der Waals surface area contributed by atoms with E-state index in [9.17, 15) is 18.0 Å². The number of amides is 1. The Labute approximate surface area is 185 Å². The Morgan fingerprint density at radius 2 is 1.52 bits per heavy atom. The monoisotopic (exact) mass is 435 g/mol. The summed E-state index contributed by atoms with van der Waals surface area (Å²) in [6, 6.07) is 8.94.